The highest BCUT2D eigenvalue weighted by Gasteiger charge is 2.43. The van der Waals surface area contributed by atoms with Gasteiger partial charge in [0, 0.05) is 36.8 Å². The lowest BCUT2D eigenvalue weighted by atomic mass is 10.1. The lowest BCUT2D eigenvalue weighted by Crippen LogP contribution is -2.56. The summed E-state index contributed by atoms with van der Waals surface area (Å²) in [5, 5.41) is 4.54. The third-order valence-corrected chi connectivity index (χ3v) is 5.41. The molecule has 0 N–H and O–H groups in total. The van der Waals surface area contributed by atoms with Crippen LogP contribution in [0.25, 0.3) is 0 Å². The summed E-state index contributed by atoms with van der Waals surface area (Å²) in [4.78, 5) is 24.2. The van der Waals surface area contributed by atoms with Gasteiger partial charge in [-0.2, -0.15) is 0 Å². The third-order valence-electron chi connectivity index (χ3n) is 5.17. The number of halogens is 1. The van der Waals surface area contributed by atoms with Gasteiger partial charge in [0.1, 0.15) is 0 Å². The fraction of sp³-hybridized carbons (Fsp3) is 0.474. The fourth-order valence-electron chi connectivity index (χ4n) is 3.57. The fourth-order valence-corrected chi connectivity index (χ4v) is 3.76. The molecule has 3 unspecified atom stereocenters. The highest BCUT2D eigenvalue weighted by atomic mass is 35.5. The first kappa shape index (κ1) is 17.2. The van der Waals surface area contributed by atoms with Gasteiger partial charge in [-0.1, -0.05) is 34.7 Å². The number of fused-ring (bicyclic) bond motifs is 1. The maximum absolute atomic E-state index is 12.9. The molecule has 2 amide bonds. The van der Waals surface area contributed by atoms with Crippen molar-refractivity contribution in [1.29, 1.82) is 0 Å². The van der Waals surface area contributed by atoms with Crippen molar-refractivity contribution >= 4 is 23.8 Å². The van der Waals surface area contributed by atoms with E-state index in [4.69, 9.17) is 16.4 Å². The summed E-state index contributed by atoms with van der Waals surface area (Å²) in [6.07, 6.45) is 2.48. The van der Waals surface area contributed by atoms with Crippen molar-refractivity contribution in [2.45, 2.75) is 18.7 Å². The molecule has 4 rings (SSSR count). The third kappa shape index (κ3) is 3.37. The second-order valence-corrected chi connectivity index (χ2v) is 7.34. The van der Waals surface area contributed by atoms with Gasteiger partial charge in [-0.15, -0.1) is 0 Å². The van der Waals surface area contributed by atoms with E-state index in [-0.39, 0.29) is 24.2 Å². The number of hydrogen-bond donors (Lipinski definition) is 0. The molecule has 0 bridgehead atoms. The maximum Gasteiger partial charge on any atom is 0.323 e. The van der Waals surface area contributed by atoms with Gasteiger partial charge in [-0.25, -0.2) is 4.79 Å². The van der Waals surface area contributed by atoms with E-state index in [2.05, 4.69) is 21.9 Å². The van der Waals surface area contributed by atoms with E-state index in [0.29, 0.717) is 24.7 Å². The first-order valence-electron chi connectivity index (χ1n) is 8.84. The second kappa shape index (κ2) is 7.18. The summed E-state index contributed by atoms with van der Waals surface area (Å²) >= 11 is 6.02. The molecule has 1 aromatic rings. The topological polar surface area (TPSA) is 48.4 Å². The molecule has 0 spiro atoms. The number of rotatable bonds is 0. The Labute approximate surface area is 158 Å². The first-order chi connectivity index (χ1) is 12.6. The molecule has 3 atom stereocenters. The lowest BCUT2D eigenvalue weighted by Gasteiger charge is -2.39. The van der Waals surface area contributed by atoms with E-state index < -0.39 is 0 Å². The summed E-state index contributed by atoms with van der Waals surface area (Å²) < 4.78 is 0. The van der Waals surface area contributed by atoms with E-state index in [0.717, 1.165) is 18.5 Å². The minimum Gasteiger partial charge on any atom is -0.370 e. The number of piperazine rings is 1. The van der Waals surface area contributed by atoms with Gasteiger partial charge >= 0.3 is 6.03 Å². The Bertz CT molecular complexity index is 787. The number of carbonyl (C=O) groups is 1. The van der Waals surface area contributed by atoms with Gasteiger partial charge in [0.25, 0.3) is 0 Å². The number of oxime groups is 1. The zero-order chi connectivity index (χ0) is 18.1. The van der Waals surface area contributed by atoms with Crippen LogP contribution in [0.3, 0.4) is 0 Å². The average Bonchev–Trinajstić information content (AvgIpc) is 3.24. The minimum absolute atomic E-state index is 0.00849. The average molecular weight is 373 g/mol. The summed E-state index contributed by atoms with van der Waals surface area (Å²) in [6, 6.07) is 7.52. The summed E-state index contributed by atoms with van der Waals surface area (Å²) in [7, 11) is 2.04. The van der Waals surface area contributed by atoms with Crippen molar-refractivity contribution < 1.29 is 9.63 Å². The van der Waals surface area contributed by atoms with Crippen LogP contribution >= 0.6 is 11.6 Å². The van der Waals surface area contributed by atoms with E-state index in [9.17, 15) is 4.79 Å². The summed E-state index contributed by atoms with van der Waals surface area (Å²) in [5.41, 5.74) is 0.883. The summed E-state index contributed by atoms with van der Waals surface area (Å²) in [5.74, 6) is 6.69. The Morgan fingerprint density at radius 2 is 2.23 bits per heavy atom. The molecule has 0 radical (unpaired) electrons. The van der Waals surface area contributed by atoms with Crippen LogP contribution in [0.4, 0.5) is 4.79 Å². The number of likely N-dealkylation sites (tertiary alicyclic amines) is 1. The van der Waals surface area contributed by atoms with Crippen molar-refractivity contribution in [1.82, 2.24) is 14.7 Å². The predicted octanol–water partition coefficient (Wildman–Crippen LogP) is 2.09. The van der Waals surface area contributed by atoms with E-state index in [1.54, 1.807) is 11.1 Å². The smallest absolute Gasteiger partial charge is 0.323 e. The van der Waals surface area contributed by atoms with Gasteiger partial charge in [-0.3, -0.25) is 9.80 Å². The molecule has 7 heteroatoms. The summed E-state index contributed by atoms with van der Waals surface area (Å²) in [6.45, 7) is 2.78. The minimum atomic E-state index is -0.238. The number of carbonyl (C=O) groups excluding carboxylic acids is 1. The lowest BCUT2D eigenvalue weighted by molar-refractivity contribution is -0.0171. The van der Waals surface area contributed by atoms with Crippen molar-refractivity contribution in [3.63, 3.8) is 0 Å². The Hall–Kier alpha value is -2.23. The molecule has 0 saturated carbocycles. The molecule has 0 aromatic heterocycles. The van der Waals surface area contributed by atoms with Crippen molar-refractivity contribution in [3.8, 4) is 11.8 Å². The largest absolute Gasteiger partial charge is 0.370 e. The molecule has 0 aliphatic carbocycles. The maximum atomic E-state index is 12.9. The van der Waals surface area contributed by atoms with Crippen LogP contribution in [0.15, 0.2) is 29.4 Å². The van der Waals surface area contributed by atoms with Gasteiger partial charge in [0.05, 0.1) is 18.2 Å². The second-order valence-electron chi connectivity index (χ2n) is 6.90. The van der Waals surface area contributed by atoms with Gasteiger partial charge in [-0.05, 0) is 31.7 Å². The number of urea groups is 1. The quantitative estimate of drug-likeness (QED) is 0.655. The molecule has 2 fully saturated rings. The van der Waals surface area contributed by atoms with Crippen LogP contribution in [0.2, 0.25) is 5.02 Å². The van der Waals surface area contributed by atoms with Crippen molar-refractivity contribution in [2.75, 3.05) is 33.2 Å². The van der Waals surface area contributed by atoms with Crippen LogP contribution in [0.1, 0.15) is 12.0 Å². The number of nitrogens with zero attached hydrogens (tertiary/aromatic N) is 4. The van der Waals surface area contributed by atoms with Crippen molar-refractivity contribution in [3.05, 3.63) is 34.9 Å². The normalized spacial score (nSPS) is 27.7. The zero-order valence-corrected chi connectivity index (χ0v) is 15.4. The van der Waals surface area contributed by atoms with E-state index in [1.165, 1.54) is 0 Å². The van der Waals surface area contributed by atoms with Gasteiger partial charge in [0.2, 0.25) is 6.23 Å². The SMILES string of the molecule is CN1CCN(C(=O)N2CCC3C=NOC32)CC1C#Cc1cccc(Cl)c1. The van der Waals surface area contributed by atoms with Gasteiger partial charge < -0.3 is 9.74 Å². The van der Waals surface area contributed by atoms with E-state index >= 15 is 0 Å². The van der Waals surface area contributed by atoms with Crippen LogP contribution in [-0.4, -0.2) is 72.4 Å². The molecule has 3 aliphatic rings. The van der Waals surface area contributed by atoms with Crippen molar-refractivity contribution in [2.24, 2.45) is 11.1 Å². The van der Waals surface area contributed by atoms with Crippen LogP contribution in [-0.2, 0) is 4.84 Å². The molecular formula is C19H21ClN4O2. The molecule has 1 aromatic carbocycles. The highest BCUT2D eigenvalue weighted by Crippen LogP contribution is 2.29. The predicted molar refractivity (Wildman–Crippen MR) is 99.9 cm³/mol. The molecule has 2 saturated heterocycles. The highest BCUT2D eigenvalue weighted by molar-refractivity contribution is 6.30. The standard InChI is InChI=1S/C19H21ClN4O2/c1-22-9-10-23(19(25)24-8-7-15-12-21-26-18(15)24)13-17(22)6-5-14-3-2-4-16(20)11-14/h2-4,11-12,15,17-18H,7-10,13H2,1H3. The van der Waals surface area contributed by atoms with Crippen LogP contribution in [0, 0.1) is 17.8 Å². The first-order valence-corrected chi connectivity index (χ1v) is 9.22. The molecular weight excluding hydrogens is 352 g/mol. The van der Waals surface area contributed by atoms with E-state index in [1.807, 2.05) is 36.2 Å². The van der Waals surface area contributed by atoms with Crippen LogP contribution in [0.5, 0.6) is 0 Å². The van der Waals surface area contributed by atoms with Gasteiger partial charge in [0.15, 0.2) is 0 Å². The van der Waals surface area contributed by atoms with Crippen LogP contribution < -0.4 is 0 Å². The molecule has 136 valence electrons. The Morgan fingerprint density at radius 3 is 3.08 bits per heavy atom. The Balaban J connectivity index is 1.44. The number of hydrogen-bond acceptors (Lipinski definition) is 4. The Morgan fingerprint density at radius 1 is 1.35 bits per heavy atom. The monoisotopic (exact) mass is 372 g/mol. The zero-order valence-electron chi connectivity index (χ0n) is 14.6. The molecule has 3 aliphatic heterocycles. The molecule has 26 heavy (non-hydrogen) atoms. The molecule has 3 heterocycles. The number of benzene rings is 1. The Kier molecular flexibility index (Phi) is 4.75. The number of amides is 2. The number of likely N-dealkylation sites (N-methyl/N-ethyl adjacent to an activating group) is 1. The molecule has 6 nitrogen and oxygen atoms in total.